The minimum Gasteiger partial charge on any atom is -0.379 e. The van der Waals surface area contributed by atoms with Gasteiger partial charge in [0.2, 0.25) is 0 Å². The maximum Gasteiger partial charge on any atom is 0.130 e. The highest BCUT2D eigenvalue weighted by Gasteiger charge is 2.28. The zero-order valence-electron chi connectivity index (χ0n) is 8.02. The Kier molecular flexibility index (Phi) is 2.43. The standard InChI is InChI=1S/C10H11NOS2/c1-7-11-9(6-14-7)10(2,12)8-3-4-13-5-8/h3-6,12H,1-2H3. The van der Waals surface area contributed by atoms with Gasteiger partial charge in [0.1, 0.15) is 5.60 Å². The van der Waals surface area contributed by atoms with Gasteiger partial charge < -0.3 is 5.11 Å². The van der Waals surface area contributed by atoms with Crippen LogP contribution in [0.5, 0.6) is 0 Å². The highest BCUT2D eigenvalue weighted by atomic mass is 32.1. The lowest BCUT2D eigenvalue weighted by Gasteiger charge is -2.19. The minimum absolute atomic E-state index is 0.735. The van der Waals surface area contributed by atoms with Gasteiger partial charge in [0, 0.05) is 5.38 Å². The van der Waals surface area contributed by atoms with E-state index in [4.69, 9.17) is 0 Å². The quantitative estimate of drug-likeness (QED) is 0.852. The Morgan fingerprint density at radius 2 is 2.21 bits per heavy atom. The van der Waals surface area contributed by atoms with Gasteiger partial charge in [-0.2, -0.15) is 11.3 Å². The third kappa shape index (κ3) is 1.61. The van der Waals surface area contributed by atoms with Crippen molar-refractivity contribution < 1.29 is 5.11 Å². The molecule has 0 radical (unpaired) electrons. The lowest BCUT2D eigenvalue weighted by atomic mass is 9.96. The molecule has 0 aliphatic rings. The van der Waals surface area contributed by atoms with Crippen LogP contribution in [0.4, 0.5) is 0 Å². The van der Waals surface area contributed by atoms with Crippen molar-refractivity contribution in [3.05, 3.63) is 38.5 Å². The highest BCUT2D eigenvalue weighted by Crippen LogP contribution is 2.30. The van der Waals surface area contributed by atoms with E-state index in [0.29, 0.717) is 0 Å². The largest absolute Gasteiger partial charge is 0.379 e. The van der Waals surface area contributed by atoms with Crippen LogP contribution in [0.25, 0.3) is 0 Å². The first kappa shape index (κ1) is 9.83. The third-order valence-electron chi connectivity index (χ3n) is 2.20. The number of aliphatic hydroxyl groups is 1. The monoisotopic (exact) mass is 225 g/mol. The van der Waals surface area contributed by atoms with Gasteiger partial charge in [0.05, 0.1) is 10.7 Å². The van der Waals surface area contributed by atoms with Crippen LogP contribution in [-0.2, 0) is 5.60 Å². The average Bonchev–Trinajstić information content (AvgIpc) is 2.72. The Morgan fingerprint density at radius 3 is 2.71 bits per heavy atom. The molecule has 2 aromatic heterocycles. The van der Waals surface area contributed by atoms with Crippen LogP contribution in [0, 0.1) is 6.92 Å². The van der Waals surface area contributed by atoms with Gasteiger partial charge in [-0.3, -0.25) is 0 Å². The molecule has 14 heavy (non-hydrogen) atoms. The average molecular weight is 225 g/mol. The van der Waals surface area contributed by atoms with E-state index in [9.17, 15) is 5.11 Å². The summed E-state index contributed by atoms with van der Waals surface area (Å²) in [5, 5.41) is 17.1. The van der Waals surface area contributed by atoms with Crippen molar-refractivity contribution in [2.45, 2.75) is 19.4 Å². The van der Waals surface area contributed by atoms with Crippen molar-refractivity contribution in [3.63, 3.8) is 0 Å². The van der Waals surface area contributed by atoms with E-state index in [1.807, 2.05) is 29.1 Å². The van der Waals surface area contributed by atoms with Gasteiger partial charge >= 0.3 is 0 Å². The molecule has 0 aromatic carbocycles. The van der Waals surface area contributed by atoms with Gasteiger partial charge in [-0.15, -0.1) is 11.3 Å². The molecule has 1 N–H and O–H groups in total. The predicted molar refractivity (Wildman–Crippen MR) is 59.8 cm³/mol. The second-order valence-electron chi connectivity index (χ2n) is 3.34. The summed E-state index contributed by atoms with van der Waals surface area (Å²) in [5.41, 5.74) is 0.691. The molecule has 0 fully saturated rings. The topological polar surface area (TPSA) is 33.1 Å². The summed E-state index contributed by atoms with van der Waals surface area (Å²) in [7, 11) is 0. The number of thiazole rings is 1. The van der Waals surface area contributed by atoms with Gasteiger partial charge in [-0.1, -0.05) is 0 Å². The maximum absolute atomic E-state index is 10.3. The molecule has 0 amide bonds. The van der Waals surface area contributed by atoms with Crippen molar-refractivity contribution >= 4 is 22.7 Å². The van der Waals surface area contributed by atoms with Crippen LogP contribution in [0.15, 0.2) is 22.2 Å². The van der Waals surface area contributed by atoms with Crippen LogP contribution < -0.4 is 0 Å². The molecular weight excluding hydrogens is 214 g/mol. The van der Waals surface area contributed by atoms with Gasteiger partial charge in [-0.25, -0.2) is 4.98 Å². The van der Waals surface area contributed by atoms with Gasteiger partial charge in [0.25, 0.3) is 0 Å². The number of hydrogen-bond acceptors (Lipinski definition) is 4. The van der Waals surface area contributed by atoms with E-state index in [2.05, 4.69) is 4.98 Å². The first-order valence-corrected chi connectivity index (χ1v) is 6.10. The van der Waals surface area contributed by atoms with E-state index in [0.717, 1.165) is 16.3 Å². The Bertz CT molecular complexity index is 417. The van der Waals surface area contributed by atoms with Crippen molar-refractivity contribution in [1.82, 2.24) is 4.98 Å². The summed E-state index contributed by atoms with van der Waals surface area (Å²) >= 11 is 3.14. The second kappa shape index (κ2) is 3.46. The summed E-state index contributed by atoms with van der Waals surface area (Å²) < 4.78 is 0. The zero-order valence-corrected chi connectivity index (χ0v) is 9.65. The number of thiophene rings is 1. The van der Waals surface area contributed by atoms with Crippen molar-refractivity contribution in [1.29, 1.82) is 0 Å². The fraction of sp³-hybridized carbons (Fsp3) is 0.300. The summed E-state index contributed by atoms with van der Waals surface area (Å²) in [6, 6.07) is 1.93. The molecule has 1 atom stereocenters. The van der Waals surface area contributed by atoms with Crippen molar-refractivity contribution in [2.24, 2.45) is 0 Å². The lowest BCUT2D eigenvalue weighted by Crippen LogP contribution is -2.22. The second-order valence-corrected chi connectivity index (χ2v) is 5.18. The summed E-state index contributed by atoms with van der Waals surface area (Å²) in [5.74, 6) is 0. The molecule has 0 bridgehead atoms. The number of rotatable bonds is 2. The molecule has 2 heterocycles. The van der Waals surface area contributed by atoms with Gasteiger partial charge in [0.15, 0.2) is 0 Å². The van der Waals surface area contributed by atoms with Crippen molar-refractivity contribution in [3.8, 4) is 0 Å². The molecule has 2 nitrogen and oxygen atoms in total. The molecule has 4 heteroatoms. The van der Waals surface area contributed by atoms with Crippen LogP contribution in [0.3, 0.4) is 0 Å². The SMILES string of the molecule is Cc1nc(C(C)(O)c2ccsc2)cs1. The molecule has 1 unspecified atom stereocenters. The molecule has 2 aromatic rings. The molecule has 0 aliphatic carbocycles. The van der Waals surface area contributed by atoms with E-state index in [1.165, 1.54) is 0 Å². The number of aromatic nitrogens is 1. The molecule has 2 rings (SSSR count). The molecule has 0 saturated heterocycles. The maximum atomic E-state index is 10.3. The smallest absolute Gasteiger partial charge is 0.130 e. The number of hydrogen-bond donors (Lipinski definition) is 1. The Labute approximate surface area is 90.9 Å². The molecule has 0 saturated carbocycles. The Hall–Kier alpha value is -0.710. The Morgan fingerprint density at radius 1 is 1.43 bits per heavy atom. The molecular formula is C10H11NOS2. The zero-order chi connectivity index (χ0) is 10.2. The molecule has 0 spiro atoms. The first-order chi connectivity index (χ1) is 6.60. The van der Waals surface area contributed by atoms with E-state index in [1.54, 1.807) is 29.6 Å². The van der Waals surface area contributed by atoms with Crippen LogP contribution >= 0.6 is 22.7 Å². The van der Waals surface area contributed by atoms with Crippen LogP contribution in [0.2, 0.25) is 0 Å². The summed E-state index contributed by atoms with van der Waals surface area (Å²) in [6.07, 6.45) is 0. The van der Waals surface area contributed by atoms with Gasteiger partial charge in [-0.05, 0) is 36.2 Å². The van der Waals surface area contributed by atoms with Crippen LogP contribution in [0.1, 0.15) is 23.2 Å². The first-order valence-electron chi connectivity index (χ1n) is 4.28. The Balaban J connectivity index is 2.42. The molecule has 74 valence electrons. The number of nitrogens with zero attached hydrogens (tertiary/aromatic N) is 1. The highest BCUT2D eigenvalue weighted by molar-refractivity contribution is 7.09. The summed E-state index contributed by atoms with van der Waals surface area (Å²) in [4.78, 5) is 4.31. The normalized spacial score (nSPS) is 15.4. The molecule has 0 aliphatic heterocycles. The van der Waals surface area contributed by atoms with E-state index >= 15 is 0 Å². The lowest BCUT2D eigenvalue weighted by molar-refractivity contribution is 0.0984. The van der Waals surface area contributed by atoms with E-state index in [-0.39, 0.29) is 0 Å². The fourth-order valence-corrected chi connectivity index (χ4v) is 2.75. The minimum atomic E-state index is -0.954. The fourth-order valence-electron chi connectivity index (χ4n) is 1.28. The predicted octanol–water partition coefficient (Wildman–Crippen LogP) is 2.77. The number of aryl methyl sites for hydroxylation is 1. The summed E-state index contributed by atoms with van der Waals surface area (Å²) in [6.45, 7) is 3.72. The third-order valence-corrected chi connectivity index (χ3v) is 3.66. The van der Waals surface area contributed by atoms with Crippen LogP contribution in [-0.4, -0.2) is 10.1 Å². The van der Waals surface area contributed by atoms with E-state index < -0.39 is 5.60 Å². The van der Waals surface area contributed by atoms with Crippen molar-refractivity contribution in [2.75, 3.05) is 0 Å².